The molecule has 0 unspecified atom stereocenters. The molecule has 0 bridgehead atoms. The van der Waals surface area contributed by atoms with Crippen LogP contribution in [-0.4, -0.2) is 23.0 Å². The summed E-state index contributed by atoms with van der Waals surface area (Å²) in [5, 5.41) is 6.86. The minimum atomic E-state index is -0.804. The first-order valence-corrected chi connectivity index (χ1v) is 8.39. The Hall–Kier alpha value is -2.93. The van der Waals surface area contributed by atoms with Crippen LogP contribution >= 0.6 is 11.6 Å². The fourth-order valence-electron chi connectivity index (χ4n) is 2.62. The van der Waals surface area contributed by atoms with Crippen LogP contribution in [-0.2, 0) is 11.3 Å². The highest BCUT2D eigenvalue weighted by Gasteiger charge is 2.15. The minimum absolute atomic E-state index is 0.0255. The summed E-state index contributed by atoms with van der Waals surface area (Å²) in [6, 6.07) is 9.29. The molecule has 0 spiro atoms. The van der Waals surface area contributed by atoms with Crippen LogP contribution in [0.25, 0.3) is 16.9 Å². The Balaban J connectivity index is 1.92. The lowest BCUT2D eigenvalue weighted by Crippen LogP contribution is -2.22. The van der Waals surface area contributed by atoms with Gasteiger partial charge in [-0.05, 0) is 42.3 Å². The number of methoxy groups -OCH3 is 1. The summed E-state index contributed by atoms with van der Waals surface area (Å²) < 4.78 is 33.9. The van der Waals surface area contributed by atoms with Crippen LogP contribution in [0.4, 0.5) is 13.6 Å². The second-order valence-corrected chi connectivity index (χ2v) is 6.29. The van der Waals surface area contributed by atoms with Gasteiger partial charge in [-0.25, -0.2) is 18.3 Å². The number of aromatic nitrogens is 2. The van der Waals surface area contributed by atoms with E-state index < -0.39 is 17.7 Å². The summed E-state index contributed by atoms with van der Waals surface area (Å²) in [6.45, 7) is 2.20. The number of hydrogen-bond donors (Lipinski definition) is 1. The molecule has 1 heterocycles. The zero-order chi connectivity index (χ0) is 19.6. The number of hydrogen-bond acceptors (Lipinski definition) is 3. The Labute approximate surface area is 159 Å². The van der Waals surface area contributed by atoms with Gasteiger partial charge in [-0.15, -0.1) is 0 Å². The Morgan fingerprint density at radius 2 is 1.93 bits per heavy atom. The van der Waals surface area contributed by atoms with E-state index in [1.807, 2.05) is 25.1 Å². The van der Waals surface area contributed by atoms with E-state index in [1.165, 1.54) is 13.3 Å². The topological polar surface area (TPSA) is 56.1 Å². The second-order valence-electron chi connectivity index (χ2n) is 5.85. The molecule has 3 rings (SSSR count). The van der Waals surface area contributed by atoms with Gasteiger partial charge in [0.1, 0.15) is 5.69 Å². The SMILES string of the molecule is COC(=O)NCc1cc(-c2ccn(-c3c(F)cc(Cl)cc3F)n2)ccc1C. The number of nitrogens with one attached hydrogen (secondary N) is 1. The van der Waals surface area contributed by atoms with Crippen molar-refractivity contribution >= 4 is 17.7 Å². The van der Waals surface area contributed by atoms with Gasteiger partial charge in [-0.3, -0.25) is 0 Å². The summed E-state index contributed by atoms with van der Waals surface area (Å²) in [7, 11) is 1.29. The fourth-order valence-corrected chi connectivity index (χ4v) is 2.81. The summed E-state index contributed by atoms with van der Waals surface area (Å²) in [5.74, 6) is -1.61. The smallest absolute Gasteiger partial charge is 0.407 e. The lowest BCUT2D eigenvalue weighted by molar-refractivity contribution is 0.170. The first-order valence-electron chi connectivity index (χ1n) is 8.01. The Morgan fingerprint density at radius 3 is 2.59 bits per heavy atom. The van der Waals surface area contributed by atoms with Crippen molar-refractivity contribution < 1.29 is 18.3 Å². The highest BCUT2D eigenvalue weighted by Crippen LogP contribution is 2.25. The van der Waals surface area contributed by atoms with Gasteiger partial charge in [-0.1, -0.05) is 23.7 Å². The lowest BCUT2D eigenvalue weighted by Gasteiger charge is -2.09. The normalized spacial score (nSPS) is 10.7. The largest absolute Gasteiger partial charge is 0.453 e. The predicted molar refractivity (Wildman–Crippen MR) is 97.9 cm³/mol. The third kappa shape index (κ3) is 4.09. The van der Waals surface area contributed by atoms with Crippen LogP contribution in [0.1, 0.15) is 11.1 Å². The van der Waals surface area contributed by atoms with Crippen molar-refractivity contribution in [1.29, 1.82) is 0 Å². The zero-order valence-electron chi connectivity index (χ0n) is 14.6. The van der Waals surface area contributed by atoms with Crippen LogP contribution in [0.5, 0.6) is 0 Å². The number of carbonyl (C=O) groups is 1. The first kappa shape index (κ1) is 18.8. The molecule has 0 aliphatic carbocycles. The molecule has 5 nitrogen and oxygen atoms in total. The van der Waals surface area contributed by atoms with E-state index in [2.05, 4.69) is 15.2 Å². The van der Waals surface area contributed by atoms with Gasteiger partial charge in [-0.2, -0.15) is 5.10 Å². The van der Waals surface area contributed by atoms with E-state index in [4.69, 9.17) is 11.6 Å². The highest BCUT2D eigenvalue weighted by atomic mass is 35.5. The number of rotatable bonds is 4. The van der Waals surface area contributed by atoms with E-state index in [0.717, 1.165) is 33.5 Å². The molecule has 0 aliphatic rings. The maximum absolute atomic E-state index is 14.1. The average molecular weight is 392 g/mol. The van der Waals surface area contributed by atoms with Crippen molar-refractivity contribution in [1.82, 2.24) is 15.1 Å². The van der Waals surface area contributed by atoms with E-state index in [9.17, 15) is 13.6 Å². The molecule has 0 aliphatic heterocycles. The molecule has 0 radical (unpaired) electrons. The highest BCUT2D eigenvalue weighted by molar-refractivity contribution is 6.30. The van der Waals surface area contributed by atoms with Gasteiger partial charge in [0.15, 0.2) is 11.6 Å². The molecule has 0 atom stereocenters. The number of halogens is 3. The summed E-state index contributed by atoms with van der Waals surface area (Å²) >= 11 is 5.66. The third-order valence-corrected chi connectivity index (χ3v) is 4.27. The van der Waals surface area contributed by atoms with Crippen molar-refractivity contribution in [2.75, 3.05) is 7.11 Å². The van der Waals surface area contributed by atoms with Crippen molar-refractivity contribution in [3.63, 3.8) is 0 Å². The molecule has 2 aromatic carbocycles. The zero-order valence-corrected chi connectivity index (χ0v) is 15.3. The van der Waals surface area contributed by atoms with Gasteiger partial charge in [0.05, 0.1) is 12.8 Å². The predicted octanol–water partition coefficient (Wildman–Crippen LogP) is 4.64. The molecular formula is C19H16ClF2N3O2. The molecule has 1 N–H and O–H groups in total. The molecule has 1 amide bonds. The third-order valence-electron chi connectivity index (χ3n) is 4.05. The van der Waals surface area contributed by atoms with E-state index in [1.54, 1.807) is 6.07 Å². The molecule has 27 heavy (non-hydrogen) atoms. The van der Waals surface area contributed by atoms with Crippen molar-refractivity contribution in [2.24, 2.45) is 0 Å². The number of amides is 1. The summed E-state index contributed by atoms with van der Waals surface area (Å²) in [4.78, 5) is 11.3. The van der Waals surface area contributed by atoms with E-state index >= 15 is 0 Å². The number of benzene rings is 2. The molecule has 0 fully saturated rings. The number of aryl methyl sites for hydroxylation is 1. The molecule has 3 aromatic rings. The van der Waals surface area contributed by atoms with Gasteiger partial charge in [0.25, 0.3) is 0 Å². The van der Waals surface area contributed by atoms with Crippen molar-refractivity contribution in [3.8, 4) is 16.9 Å². The number of alkyl carbamates (subject to hydrolysis) is 1. The van der Waals surface area contributed by atoms with Crippen LogP contribution in [0, 0.1) is 18.6 Å². The number of ether oxygens (including phenoxy) is 1. The average Bonchev–Trinajstić information content (AvgIpc) is 3.09. The van der Waals surface area contributed by atoms with Gasteiger partial charge in [0.2, 0.25) is 0 Å². The van der Waals surface area contributed by atoms with E-state index in [-0.39, 0.29) is 17.3 Å². The summed E-state index contributed by atoms with van der Waals surface area (Å²) in [6.07, 6.45) is 0.939. The molecule has 0 saturated carbocycles. The van der Waals surface area contributed by atoms with E-state index in [0.29, 0.717) is 5.69 Å². The maximum atomic E-state index is 14.1. The molecule has 1 aromatic heterocycles. The summed E-state index contributed by atoms with van der Waals surface area (Å²) in [5.41, 5.74) is 2.82. The monoisotopic (exact) mass is 391 g/mol. The molecular weight excluding hydrogens is 376 g/mol. The second kappa shape index (κ2) is 7.75. The van der Waals surface area contributed by atoms with Crippen molar-refractivity contribution in [3.05, 3.63) is 70.4 Å². The Bertz CT molecular complexity index is 981. The molecule has 0 saturated heterocycles. The van der Waals surface area contributed by atoms with Crippen LogP contribution < -0.4 is 5.32 Å². The first-order chi connectivity index (χ1) is 12.9. The quantitative estimate of drug-likeness (QED) is 0.705. The Morgan fingerprint density at radius 1 is 1.22 bits per heavy atom. The number of carbonyl (C=O) groups excluding carboxylic acids is 1. The molecule has 140 valence electrons. The number of nitrogens with zero attached hydrogens (tertiary/aromatic N) is 2. The fraction of sp³-hybridized carbons (Fsp3) is 0.158. The minimum Gasteiger partial charge on any atom is -0.453 e. The van der Waals surface area contributed by atoms with Gasteiger partial charge in [0, 0.05) is 23.3 Å². The van der Waals surface area contributed by atoms with Crippen LogP contribution in [0.15, 0.2) is 42.6 Å². The van der Waals surface area contributed by atoms with Gasteiger partial charge >= 0.3 is 6.09 Å². The Kier molecular flexibility index (Phi) is 5.41. The van der Waals surface area contributed by atoms with Crippen molar-refractivity contribution in [2.45, 2.75) is 13.5 Å². The molecule has 8 heteroatoms. The van der Waals surface area contributed by atoms with Crippen LogP contribution in [0.3, 0.4) is 0 Å². The van der Waals surface area contributed by atoms with Crippen LogP contribution in [0.2, 0.25) is 5.02 Å². The lowest BCUT2D eigenvalue weighted by atomic mass is 10.0. The maximum Gasteiger partial charge on any atom is 0.407 e. The van der Waals surface area contributed by atoms with Gasteiger partial charge < -0.3 is 10.1 Å². The standard InChI is InChI=1S/C19H16ClF2N3O2/c1-11-3-4-12(7-13(11)10-23-19(26)27-2)17-5-6-25(24-17)18-15(21)8-14(20)9-16(18)22/h3-9H,10H2,1-2H3,(H,23,26).